The minimum atomic E-state index is -3.14. The molecule has 2 fully saturated rings. The van der Waals surface area contributed by atoms with Crippen LogP contribution in [0.25, 0.3) is 0 Å². The van der Waals surface area contributed by atoms with Crippen LogP contribution in [0.3, 0.4) is 0 Å². The Balaban J connectivity index is 1.83. The summed E-state index contributed by atoms with van der Waals surface area (Å²) >= 11 is 0. The van der Waals surface area contributed by atoms with Crippen LogP contribution in [0.2, 0.25) is 6.32 Å². The number of quaternary nitrogens is 1. The third-order valence-electron chi connectivity index (χ3n) is 4.42. The molecule has 0 N–H and O–H groups in total. The molecular formula is C14H16BF2NO4. The van der Waals surface area contributed by atoms with E-state index in [4.69, 9.17) is 9.31 Å². The van der Waals surface area contributed by atoms with Crippen molar-refractivity contribution in [3.05, 3.63) is 35.9 Å². The highest BCUT2D eigenvalue weighted by Gasteiger charge is 2.67. The number of rotatable bonds is 4. The zero-order valence-electron chi connectivity index (χ0n) is 12.1. The van der Waals surface area contributed by atoms with Gasteiger partial charge in [0.1, 0.15) is 13.1 Å². The monoisotopic (exact) mass is 311 g/mol. The molecule has 0 bridgehead atoms. The number of benzene rings is 1. The van der Waals surface area contributed by atoms with Gasteiger partial charge in [0, 0.05) is 19.8 Å². The highest BCUT2D eigenvalue weighted by molar-refractivity contribution is 6.66. The van der Waals surface area contributed by atoms with E-state index in [1.807, 2.05) is 0 Å². The van der Waals surface area contributed by atoms with Gasteiger partial charge in [0.25, 0.3) is 0 Å². The molecule has 2 aliphatic rings. The second-order valence-corrected chi connectivity index (χ2v) is 6.32. The zero-order chi connectivity index (χ0) is 16.0. The number of nitrogens with zero attached hydrogens (tertiary/aromatic N) is 1. The number of halogens is 2. The summed E-state index contributed by atoms with van der Waals surface area (Å²) in [5.41, 5.74) is 0.475. The van der Waals surface area contributed by atoms with Crippen molar-refractivity contribution in [1.82, 2.24) is 0 Å². The molecular weight excluding hydrogens is 295 g/mol. The lowest BCUT2D eigenvalue weighted by atomic mass is 9.62. The number of likely N-dealkylation sites (N-methyl/N-ethyl adjacent to an activating group) is 1. The average molecular weight is 311 g/mol. The van der Waals surface area contributed by atoms with Crippen molar-refractivity contribution in [3.63, 3.8) is 0 Å². The molecule has 1 aromatic rings. The predicted molar refractivity (Wildman–Crippen MR) is 73.8 cm³/mol. The van der Waals surface area contributed by atoms with Crippen LogP contribution >= 0.6 is 0 Å². The van der Waals surface area contributed by atoms with Gasteiger partial charge >= 0.3 is 18.6 Å². The van der Waals surface area contributed by atoms with E-state index in [1.165, 1.54) is 0 Å². The molecule has 0 aromatic heterocycles. The quantitative estimate of drug-likeness (QED) is 0.788. The minimum absolute atomic E-state index is 0.118. The fourth-order valence-electron chi connectivity index (χ4n) is 3.34. The molecule has 2 aliphatic heterocycles. The largest absolute Gasteiger partial charge is 0.600 e. The highest BCUT2D eigenvalue weighted by atomic mass is 19.3. The first kappa shape index (κ1) is 15.0. The maximum absolute atomic E-state index is 14.4. The van der Waals surface area contributed by atoms with Crippen LogP contribution in [0, 0.1) is 0 Å². The van der Waals surface area contributed by atoms with E-state index in [9.17, 15) is 18.4 Å². The van der Waals surface area contributed by atoms with Crippen molar-refractivity contribution < 1.29 is 32.1 Å². The van der Waals surface area contributed by atoms with Crippen molar-refractivity contribution in [1.29, 1.82) is 0 Å². The topological polar surface area (TPSA) is 52.6 Å². The Hall–Kier alpha value is -1.96. The molecule has 118 valence electrons. The summed E-state index contributed by atoms with van der Waals surface area (Å²) in [4.78, 5) is 23.1. The molecule has 2 saturated heterocycles. The Morgan fingerprint density at radius 3 is 2.23 bits per heavy atom. The third-order valence-corrected chi connectivity index (χ3v) is 4.42. The molecule has 0 saturated carbocycles. The molecule has 8 heteroatoms. The maximum Gasteiger partial charge on any atom is 0.589 e. The second-order valence-electron chi connectivity index (χ2n) is 6.32. The van der Waals surface area contributed by atoms with E-state index >= 15 is 0 Å². The van der Waals surface area contributed by atoms with E-state index in [2.05, 4.69) is 0 Å². The molecule has 0 atom stereocenters. The van der Waals surface area contributed by atoms with Crippen LogP contribution in [0.5, 0.6) is 0 Å². The summed E-state index contributed by atoms with van der Waals surface area (Å²) in [5, 5.41) is 0. The Labute approximate surface area is 126 Å². The van der Waals surface area contributed by atoms with E-state index in [0.29, 0.717) is 5.56 Å². The molecule has 5 nitrogen and oxygen atoms in total. The summed E-state index contributed by atoms with van der Waals surface area (Å²) < 4.78 is 38.8. The molecule has 0 aliphatic carbocycles. The fraction of sp³-hybridized carbons (Fsp3) is 0.429. The number of carbonyl (C=O) groups excluding carboxylic acids is 2. The van der Waals surface area contributed by atoms with E-state index in [0.717, 1.165) is 0 Å². The molecule has 1 aromatic carbocycles. The molecule has 0 amide bonds. The average Bonchev–Trinajstić information content (AvgIpc) is 2.71. The molecule has 22 heavy (non-hydrogen) atoms. The van der Waals surface area contributed by atoms with Gasteiger partial charge < -0.3 is 13.7 Å². The molecule has 2 heterocycles. The smallest absolute Gasteiger partial charge is 0.589 e. The number of hydrogen-bond donors (Lipinski definition) is 0. The SMILES string of the molecule is C[N+]12CC(=O)O[B-]1(CC(F)(F)Cc1ccccc1)OC(=O)C2. The van der Waals surface area contributed by atoms with Gasteiger partial charge in [0.2, 0.25) is 5.92 Å². The number of alkyl halides is 2. The summed E-state index contributed by atoms with van der Waals surface area (Å²) in [5.74, 6) is -4.35. The van der Waals surface area contributed by atoms with Crippen molar-refractivity contribution in [2.24, 2.45) is 0 Å². The summed E-state index contributed by atoms with van der Waals surface area (Å²) in [7, 11) is 1.55. The lowest BCUT2D eigenvalue weighted by Gasteiger charge is -2.41. The highest BCUT2D eigenvalue weighted by Crippen LogP contribution is 2.42. The van der Waals surface area contributed by atoms with Gasteiger partial charge in [-0.25, -0.2) is 8.78 Å². The maximum atomic E-state index is 14.4. The summed E-state index contributed by atoms with van der Waals surface area (Å²) in [6, 6.07) is 8.32. The van der Waals surface area contributed by atoms with Crippen LogP contribution in [-0.2, 0) is 25.3 Å². The van der Waals surface area contributed by atoms with Gasteiger partial charge in [-0.2, -0.15) is 0 Å². The van der Waals surface area contributed by atoms with Crippen LogP contribution in [0.4, 0.5) is 8.78 Å². The Morgan fingerprint density at radius 2 is 1.68 bits per heavy atom. The van der Waals surface area contributed by atoms with Crippen LogP contribution in [0.15, 0.2) is 30.3 Å². The van der Waals surface area contributed by atoms with Gasteiger partial charge in [-0.05, 0) is 5.56 Å². The second kappa shape index (κ2) is 4.77. The minimum Gasteiger partial charge on any atom is -0.600 e. The number of fused-ring (bicyclic) bond motifs is 1. The van der Waals surface area contributed by atoms with Crippen molar-refractivity contribution in [3.8, 4) is 0 Å². The first-order valence-electron chi connectivity index (χ1n) is 7.09. The van der Waals surface area contributed by atoms with Gasteiger partial charge in [-0.3, -0.25) is 9.59 Å². The number of hydrogen-bond acceptors (Lipinski definition) is 4. The van der Waals surface area contributed by atoms with Gasteiger partial charge in [0.05, 0.1) is 0 Å². The first-order chi connectivity index (χ1) is 10.2. The van der Waals surface area contributed by atoms with E-state index in [1.54, 1.807) is 37.4 Å². The predicted octanol–water partition coefficient (Wildman–Crippen LogP) is 1.36. The Kier molecular flexibility index (Phi) is 3.25. The molecule has 3 rings (SSSR count). The van der Waals surface area contributed by atoms with E-state index in [-0.39, 0.29) is 17.5 Å². The molecule has 0 spiro atoms. The molecule has 0 radical (unpaired) electrons. The van der Waals surface area contributed by atoms with E-state index < -0.39 is 37.3 Å². The third kappa shape index (κ3) is 2.47. The summed E-state index contributed by atoms with van der Waals surface area (Å²) in [6.45, 7) is -2.93. The lowest BCUT2D eigenvalue weighted by molar-refractivity contribution is -0.794. The Morgan fingerprint density at radius 1 is 1.14 bits per heavy atom. The van der Waals surface area contributed by atoms with Crippen LogP contribution in [-0.4, -0.2) is 49.1 Å². The lowest BCUT2D eigenvalue weighted by Crippen LogP contribution is -2.62. The Bertz CT molecular complexity index is 603. The standard InChI is InChI=1S/C14H16BF2NO4/c1-18-8-12(19)21-15(18,22-13(20)9-18)10-14(16,17)7-11-5-3-2-4-6-11/h2-6H,7-10H2,1H3. The fourth-order valence-corrected chi connectivity index (χ4v) is 3.34. The normalized spacial score (nSPS) is 30.9. The van der Waals surface area contributed by atoms with Crippen LogP contribution in [0.1, 0.15) is 5.56 Å². The van der Waals surface area contributed by atoms with Crippen molar-refractivity contribution >= 4 is 18.6 Å². The number of carbonyl (C=O) groups is 2. The summed E-state index contributed by atoms with van der Waals surface area (Å²) in [6.07, 6.45) is -1.28. The van der Waals surface area contributed by atoms with Gasteiger partial charge in [-0.15, -0.1) is 0 Å². The van der Waals surface area contributed by atoms with Gasteiger partial charge in [0.15, 0.2) is 0 Å². The van der Waals surface area contributed by atoms with Gasteiger partial charge in [-0.1, -0.05) is 30.3 Å². The zero-order valence-corrected chi connectivity index (χ0v) is 12.1. The van der Waals surface area contributed by atoms with Crippen LogP contribution < -0.4 is 0 Å². The van der Waals surface area contributed by atoms with Crippen molar-refractivity contribution in [2.75, 3.05) is 20.1 Å². The van der Waals surface area contributed by atoms with Crippen molar-refractivity contribution in [2.45, 2.75) is 18.7 Å². The molecule has 0 unspecified atom stereocenters. The first-order valence-corrected chi connectivity index (χ1v) is 7.09.